The van der Waals surface area contributed by atoms with Crippen molar-refractivity contribution in [2.45, 2.75) is 17.4 Å². The van der Waals surface area contributed by atoms with Gasteiger partial charge in [-0.3, -0.25) is 9.67 Å². The molecule has 1 aliphatic rings. The number of rotatable bonds is 4. The molecule has 118 valence electrons. The smallest absolute Gasteiger partial charge is 0.244 e. The molecule has 0 aromatic carbocycles. The second-order valence-corrected chi connectivity index (χ2v) is 7.25. The van der Waals surface area contributed by atoms with Crippen LogP contribution in [-0.2, 0) is 28.4 Å². The van der Waals surface area contributed by atoms with E-state index in [1.807, 2.05) is 7.05 Å². The van der Waals surface area contributed by atoms with E-state index in [-0.39, 0.29) is 10.8 Å². The summed E-state index contributed by atoms with van der Waals surface area (Å²) < 4.78 is 34.0. The van der Waals surface area contributed by atoms with Gasteiger partial charge in [-0.05, 0) is 12.1 Å². The van der Waals surface area contributed by atoms with Crippen molar-refractivity contribution in [2.75, 3.05) is 20.3 Å². The van der Waals surface area contributed by atoms with Crippen LogP contribution in [0.2, 0.25) is 0 Å². The fraction of sp³-hybridized carbons (Fsp3) is 0.429. The van der Waals surface area contributed by atoms with Crippen molar-refractivity contribution in [3.05, 3.63) is 42.0 Å². The van der Waals surface area contributed by atoms with Crippen molar-refractivity contribution in [1.82, 2.24) is 19.1 Å². The summed E-state index contributed by atoms with van der Waals surface area (Å²) in [5.74, 6) is -0.0195. The minimum atomic E-state index is -3.58. The molecule has 0 N–H and O–H groups in total. The lowest BCUT2D eigenvalue weighted by molar-refractivity contribution is 0.162. The summed E-state index contributed by atoms with van der Waals surface area (Å²) in [4.78, 5) is 4.11. The van der Waals surface area contributed by atoms with Gasteiger partial charge in [0.15, 0.2) is 0 Å². The molecule has 0 bridgehead atoms. The van der Waals surface area contributed by atoms with E-state index in [1.165, 1.54) is 10.5 Å². The van der Waals surface area contributed by atoms with Gasteiger partial charge >= 0.3 is 0 Å². The summed E-state index contributed by atoms with van der Waals surface area (Å²) in [5, 5.41) is 4.25. The highest BCUT2D eigenvalue weighted by Gasteiger charge is 2.35. The maximum absolute atomic E-state index is 12.8. The van der Waals surface area contributed by atoms with Crippen molar-refractivity contribution in [3.8, 4) is 0 Å². The highest BCUT2D eigenvalue weighted by atomic mass is 32.2. The number of aromatic nitrogens is 3. The largest absolute Gasteiger partial charge is 0.384 e. The number of nitrogens with zero attached hydrogens (tertiary/aromatic N) is 4. The maximum atomic E-state index is 12.8. The molecule has 1 unspecified atom stereocenters. The van der Waals surface area contributed by atoms with Crippen molar-refractivity contribution in [1.29, 1.82) is 0 Å². The van der Waals surface area contributed by atoms with E-state index < -0.39 is 10.0 Å². The Balaban J connectivity index is 1.98. The first-order valence-corrected chi connectivity index (χ1v) is 8.38. The molecule has 0 saturated carbocycles. The van der Waals surface area contributed by atoms with Gasteiger partial charge in [0.05, 0.1) is 25.0 Å². The number of pyridine rings is 1. The Morgan fingerprint density at radius 3 is 2.91 bits per heavy atom. The van der Waals surface area contributed by atoms with Gasteiger partial charge in [-0.1, -0.05) is 0 Å². The Labute approximate surface area is 129 Å². The number of sulfonamides is 1. The quantitative estimate of drug-likeness (QED) is 0.830. The average molecular weight is 322 g/mol. The van der Waals surface area contributed by atoms with Crippen LogP contribution < -0.4 is 0 Å². The van der Waals surface area contributed by atoms with E-state index in [1.54, 1.807) is 36.3 Å². The molecule has 22 heavy (non-hydrogen) atoms. The van der Waals surface area contributed by atoms with Crippen LogP contribution in [0.1, 0.15) is 17.2 Å². The van der Waals surface area contributed by atoms with E-state index in [0.717, 1.165) is 11.3 Å². The zero-order chi connectivity index (χ0) is 15.7. The Hall–Kier alpha value is -1.77. The minimum absolute atomic E-state index is 0.0195. The number of ether oxygens (including phenoxy) is 1. The average Bonchev–Trinajstić information content (AvgIpc) is 2.90. The summed E-state index contributed by atoms with van der Waals surface area (Å²) in [5.41, 5.74) is 1.96. The number of hydrogen-bond acceptors (Lipinski definition) is 5. The normalized spacial score (nSPS) is 19.1. The van der Waals surface area contributed by atoms with E-state index in [9.17, 15) is 8.42 Å². The van der Waals surface area contributed by atoms with Crippen molar-refractivity contribution in [3.63, 3.8) is 0 Å². The summed E-state index contributed by atoms with van der Waals surface area (Å²) in [6, 6.07) is 3.19. The van der Waals surface area contributed by atoms with E-state index >= 15 is 0 Å². The molecular formula is C14H18N4O3S. The lowest BCUT2D eigenvalue weighted by atomic mass is 9.97. The van der Waals surface area contributed by atoms with Crippen molar-refractivity contribution in [2.24, 2.45) is 7.05 Å². The Morgan fingerprint density at radius 2 is 2.23 bits per heavy atom. The molecule has 0 fully saturated rings. The van der Waals surface area contributed by atoms with E-state index in [4.69, 9.17) is 4.74 Å². The molecule has 3 rings (SSSR count). The number of aryl methyl sites for hydroxylation is 1. The Morgan fingerprint density at radius 1 is 1.41 bits per heavy atom. The molecule has 0 radical (unpaired) electrons. The zero-order valence-corrected chi connectivity index (χ0v) is 13.3. The van der Waals surface area contributed by atoms with Crippen LogP contribution in [0.5, 0.6) is 0 Å². The molecule has 0 aliphatic carbocycles. The summed E-state index contributed by atoms with van der Waals surface area (Å²) in [7, 11) is -0.138. The lowest BCUT2D eigenvalue weighted by Crippen LogP contribution is -2.39. The molecule has 3 heterocycles. The van der Waals surface area contributed by atoms with Gasteiger partial charge in [-0.25, -0.2) is 8.42 Å². The minimum Gasteiger partial charge on any atom is -0.384 e. The molecule has 8 heteroatoms. The Kier molecular flexibility index (Phi) is 3.98. The van der Waals surface area contributed by atoms with E-state index in [0.29, 0.717) is 19.7 Å². The summed E-state index contributed by atoms with van der Waals surface area (Å²) >= 11 is 0. The van der Waals surface area contributed by atoms with Gasteiger partial charge in [0, 0.05) is 44.6 Å². The highest BCUT2D eigenvalue weighted by Crippen LogP contribution is 2.31. The Bertz CT molecular complexity index is 758. The monoisotopic (exact) mass is 322 g/mol. The summed E-state index contributed by atoms with van der Waals surface area (Å²) in [6.45, 7) is 1.14. The lowest BCUT2D eigenvalue weighted by Gasteiger charge is -2.31. The van der Waals surface area contributed by atoms with E-state index in [2.05, 4.69) is 10.1 Å². The topological polar surface area (TPSA) is 77.3 Å². The molecule has 1 aliphatic heterocycles. The number of methoxy groups -OCH3 is 1. The molecule has 2 aromatic rings. The number of hydrogen-bond donors (Lipinski definition) is 0. The van der Waals surface area contributed by atoms with Gasteiger partial charge in [-0.2, -0.15) is 9.40 Å². The first-order valence-electron chi connectivity index (χ1n) is 6.94. The second kappa shape index (κ2) is 5.79. The van der Waals surface area contributed by atoms with Crippen molar-refractivity contribution < 1.29 is 13.2 Å². The standard InChI is InChI=1S/C14H18N4O3S/c1-17-14-9-18(8-11(10-21-2)13(14)7-16-17)22(19,20)12-4-3-5-15-6-12/h3-7,11H,8-10H2,1-2H3. The fourth-order valence-electron chi connectivity index (χ4n) is 2.77. The van der Waals surface area contributed by atoms with Crippen LogP contribution >= 0.6 is 0 Å². The van der Waals surface area contributed by atoms with Crippen LogP contribution in [0.3, 0.4) is 0 Å². The zero-order valence-electron chi connectivity index (χ0n) is 12.5. The van der Waals surface area contributed by atoms with Crippen LogP contribution in [-0.4, -0.2) is 47.7 Å². The molecule has 0 spiro atoms. The van der Waals surface area contributed by atoms with Gasteiger partial charge in [-0.15, -0.1) is 0 Å². The van der Waals surface area contributed by atoms with Crippen LogP contribution in [0.4, 0.5) is 0 Å². The van der Waals surface area contributed by atoms with Gasteiger partial charge < -0.3 is 4.74 Å². The van der Waals surface area contributed by atoms with Crippen LogP contribution in [0.15, 0.2) is 35.6 Å². The molecule has 0 saturated heterocycles. The molecule has 7 nitrogen and oxygen atoms in total. The molecule has 0 amide bonds. The van der Waals surface area contributed by atoms with Crippen LogP contribution in [0.25, 0.3) is 0 Å². The highest BCUT2D eigenvalue weighted by molar-refractivity contribution is 7.89. The SMILES string of the molecule is COCC1CN(S(=O)(=O)c2cccnc2)Cc2c1cnn2C. The predicted molar refractivity (Wildman–Crippen MR) is 79.7 cm³/mol. The molecule has 1 atom stereocenters. The summed E-state index contributed by atoms with van der Waals surface area (Å²) in [6.07, 6.45) is 4.73. The third kappa shape index (κ3) is 2.53. The molecule has 2 aromatic heterocycles. The van der Waals surface area contributed by atoms with Gasteiger partial charge in [0.2, 0.25) is 10.0 Å². The molecular weight excluding hydrogens is 304 g/mol. The van der Waals surface area contributed by atoms with Crippen molar-refractivity contribution >= 4 is 10.0 Å². The third-order valence-electron chi connectivity index (χ3n) is 3.92. The van der Waals surface area contributed by atoms with Crippen LogP contribution in [0, 0.1) is 0 Å². The van der Waals surface area contributed by atoms with Gasteiger partial charge in [0.1, 0.15) is 4.90 Å². The second-order valence-electron chi connectivity index (χ2n) is 5.31. The predicted octanol–water partition coefficient (Wildman–Crippen LogP) is 0.750. The third-order valence-corrected chi connectivity index (χ3v) is 5.72. The maximum Gasteiger partial charge on any atom is 0.244 e. The number of fused-ring (bicyclic) bond motifs is 1. The first kappa shape index (κ1) is 15.1. The van der Waals surface area contributed by atoms with Gasteiger partial charge in [0.25, 0.3) is 0 Å². The fourth-order valence-corrected chi connectivity index (χ4v) is 4.18. The first-order chi connectivity index (χ1) is 10.5.